The van der Waals surface area contributed by atoms with Gasteiger partial charge in [-0.15, -0.1) is 0 Å². The van der Waals surface area contributed by atoms with Crippen LogP contribution < -0.4 is 5.32 Å². The van der Waals surface area contributed by atoms with Crippen LogP contribution in [0.25, 0.3) is 0 Å². The Hall–Kier alpha value is -0.600. The fourth-order valence-corrected chi connectivity index (χ4v) is 3.85. The van der Waals surface area contributed by atoms with Crippen molar-refractivity contribution in [3.8, 4) is 0 Å². The van der Waals surface area contributed by atoms with Gasteiger partial charge in [0.15, 0.2) is 0 Å². The van der Waals surface area contributed by atoms with Gasteiger partial charge in [0, 0.05) is 11.5 Å². The molecule has 2 N–H and O–H groups in total. The van der Waals surface area contributed by atoms with Gasteiger partial charge in [0.2, 0.25) is 0 Å². The molecule has 2 aliphatic rings. The average molecular weight is 249 g/mol. The van der Waals surface area contributed by atoms with Crippen molar-refractivity contribution in [3.63, 3.8) is 0 Å². The van der Waals surface area contributed by atoms with Crippen molar-refractivity contribution in [3.05, 3.63) is 23.3 Å². The highest BCUT2D eigenvalue weighted by Gasteiger charge is 2.53. The summed E-state index contributed by atoms with van der Waals surface area (Å²) >= 11 is 0. The fraction of sp³-hybridized carbons (Fsp3) is 0.750. The molecule has 0 aromatic rings. The minimum absolute atomic E-state index is 0.186. The average Bonchev–Trinajstić information content (AvgIpc) is 2.79. The largest absolute Gasteiger partial charge is 0.388 e. The summed E-state index contributed by atoms with van der Waals surface area (Å²) < 4.78 is 0. The van der Waals surface area contributed by atoms with Crippen LogP contribution in [0.5, 0.6) is 0 Å². The summed E-state index contributed by atoms with van der Waals surface area (Å²) in [6.07, 6.45) is 6.76. The summed E-state index contributed by atoms with van der Waals surface area (Å²) in [5.41, 5.74) is 1.72. The summed E-state index contributed by atoms with van der Waals surface area (Å²) in [5, 5.41) is 14.7. The van der Waals surface area contributed by atoms with Crippen LogP contribution in [0.2, 0.25) is 0 Å². The molecule has 4 atom stereocenters. The summed E-state index contributed by atoms with van der Waals surface area (Å²) in [7, 11) is 0. The molecule has 2 heteroatoms. The first-order chi connectivity index (χ1) is 8.30. The lowest BCUT2D eigenvalue weighted by atomic mass is 9.57. The Kier molecular flexibility index (Phi) is 3.46. The maximum Gasteiger partial charge on any atom is 0.0867 e. The van der Waals surface area contributed by atoms with E-state index in [4.69, 9.17) is 0 Å². The van der Waals surface area contributed by atoms with Gasteiger partial charge in [-0.25, -0.2) is 0 Å². The second kappa shape index (κ2) is 4.50. The Morgan fingerprint density at radius 2 is 2.11 bits per heavy atom. The molecule has 1 heterocycles. The molecule has 0 saturated carbocycles. The van der Waals surface area contributed by atoms with E-state index in [-0.39, 0.29) is 11.5 Å². The normalized spacial score (nSPS) is 40.1. The van der Waals surface area contributed by atoms with Crippen molar-refractivity contribution in [2.24, 2.45) is 11.3 Å². The first-order valence-electron chi connectivity index (χ1n) is 7.13. The molecule has 1 saturated heterocycles. The first kappa shape index (κ1) is 13.8. The third kappa shape index (κ3) is 1.86. The summed E-state index contributed by atoms with van der Waals surface area (Å²) in [5.74, 6) is 0.361. The molecular weight excluding hydrogens is 222 g/mol. The first-order valence-corrected chi connectivity index (χ1v) is 7.13. The van der Waals surface area contributed by atoms with Crippen LogP contribution in [0.1, 0.15) is 47.5 Å². The number of hydrogen-bond donors (Lipinski definition) is 2. The van der Waals surface area contributed by atoms with Gasteiger partial charge in [0.25, 0.3) is 0 Å². The highest BCUT2D eigenvalue weighted by atomic mass is 16.3. The van der Waals surface area contributed by atoms with Crippen molar-refractivity contribution in [1.29, 1.82) is 0 Å². The molecule has 0 aromatic heterocycles. The molecule has 0 bridgehead atoms. The molecule has 2 nitrogen and oxygen atoms in total. The van der Waals surface area contributed by atoms with E-state index in [1.165, 1.54) is 17.6 Å². The lowest BCUT2D eigenvalue weighted by molar-refractivity contribution is -0.0832. The van der Waals surface area contributed by atoms with Gasteiger partial charge in [-0.05, 0) is 46.1 Å². The van der Waals surface area contributed by atoms with Gasteiger partial charge in [0.05, 0.1) is 5.60 Å². The number of nitrogens with one attached hydrogen (secondary N) is 1. The predicted molar refractivity (Wildman–Crippen MR) is 76.4 cm³/mol. The second-order valence-electron chi connectivity index (χ2n) is 6.53. The van der Waals surface area contributed by atoms with E-state index >= 15 is 0 Å². The van der Waals surface area contributed by atoms with E-state index in [1.807, 2.05) is 6.92 Å². The molecule has 1 aliphatic heterocycles. The van der Waals surface area contributed by atoms with Gasteiger partial charge in [0.1, 0.15) is 0 Å². The van der Waals surface area contributed by atoms with Gasteiger partial charge in [-0.2, -0.15) is 0 Å². The van der Waals surface area contributed by atoms with Crippen LogP contribution >= 0.6 is 0 Å². The van der Waals surface area contributed by atoms with Crippen molar-refractivity contribution >= 4 is 0 Å². The van der Waals surface area contributed by atoms with Crippen molar-refractivity contribution in [1.82, 2.24) is 5.32 Å². The minimum Gasteiger partial charge on any atom is -0.388 e. The summed E-state index contributed by atoms with van der Waals surface area (Å²) in [6.45, 7) is 11.8. The van der Waals surface area contributed by atoms with Crippen molar-refractivity contribution < 1.29 is 5.11 Å². The Morgan fingerprint density at radius 1 is 1.44 bits per heavy atom. The van der Waals surface area contributed by atoms with Crippen LogP contribution in [-0.2, 0) is 0 Å². The molecule has 0 spiro atoms. The smallest absolute Gasteiger partial charge is 0.0867 e. The predicted octanol–water partition coefficient (Wildman–Crippen LogP) is 3.04. The minimum atomic E-state index is -0.708. The second-order valence-corrected chi connectivity index (χ2v) is 6.53. The molecule has 1 fully saturated rings. The number of hydrogen-bond acceptors (Lipinski definition) is 2. The zero-order chi connectivity index (χ0) is 13.6. The molecule has 0 radical (unpaired) electrons. The maximum absolute atomic E-state index is 11.2. The Bertz CT molecular complexity index is 388. The molecule has 18 heavy (non-hydrogen) atoms. The molecule has 3 unspecified atom stereocenters. The van der Waals surface area contributed by atoms with E-state index in [0.717, 1.165) is 13.0 Å². The van der Waals surface area contributed by atoms with Crippen LogP contribution in [0.3, 0.4) is 0 Å². The lowest BCUT2D eigenvalue weighted by Crippen LogP contribution is -2.59. The third-order valence-corrected chi connectivity index (χ3v) is 5.48. The fourth-order valence-electron chi connectivity index (χ4n) is 3.85. The van der Waals surface area contributed by atoms with E-state index in [1.54, 1.807) is 0 Å². The van der Waals surface area contributed by atoms with Crippen LogP contribution in [0.15, 0.2) is 23.3 Å². The van der Waals surface area contributed by atoms with Crippen LogP contribution in [0, 0.1) is 11.3 Å². The Labute approximate surface area is 111 Å². The highest BCUT2D eigenvalue weighted by molar-refractivity contribution is 5.35. The highest BCUT2D eigenvalue weighted by Crippen LogP contribution is 2.50. The molecule has 0 aromatic carbocycles. The van der Waals surface area contributed by atoms with Gasteiger partial charge < -0.3 is 10.4 Å². The van der Waals surface area contributed by atoms with Crippen LogP contribution in [-0.4, -0.2) is 23.3 Å². The number of rotatable bonds is 2. The maximum atomic E-state index is 11.2. The molecule has 102 valence electrons. The number of aliphatic hydroxyl groups is 1. The van der Waals surface area contributed by atoms with Crippen molar-refractivity contribution in [2.45, 2.75) is 59.1 Å². The van der Waals surface area contributed by atoms with E-state index < -0.39 is 5.60 Å². The van der Waals surface area contributed by atoms with Gasteiger partial charge in [-0.1, -0.05) is 37.1 Å². The summed E-state index contributed by atoms with van der Waals surface area (Å²) in [6, 6.07) is 0.208. The Balaban J connectivity index is 2.38. The molecule has 1 aliphatic carbocycles. The van der Waals surface area contributed by atoms with E-state index in [0.29, 0.717) is 5.92 Å². The molecular formula is C16H27NO. The summed E-state index contributed by atoms with van der Waals surface area (Å²) in [4.78, 5) is 0. The van der Waals surface area contributed by atoms with E-state index in [2.05, 4.69) is 45.2 Å². The monoisotopic (exact) mass is 249 g/mol. The standard InChI is InChI=1S/C16H27NO/c1-11-9-12(2)15(4,13(3)10-11)16(5,18)14-7-6-8-17-14/h9-10,12,14,17-18H,6-8H2,1-5H3/t12?,14-,15?,16?/m0/s1. The number of allylic oxidation sites excluding steroid dienone is 3. The SMILES string of the molecule is CC1=CC(C)C(C)(C(C)(O)[C@@H]2CCCN2)C(C)=C1. The molecule has 0 amide bonds. The quantitative estimate of drug-likeness (QED) is 0.788. The Morgan fingerprint density at radius 3 is 2.61 bits per heavy atom. The third-order valence-electron chi connectivity index (χ3n) is 5.48. The van der Waals surface area contributed by atoms with Gasteiger partial charge in [-0.3, -0.25) is 0 Å². The zero-order valence-corrected chi connectivity index (χ0v) is 12.4. The van der Waals surface area contributed by atoms with Crippen LogP contribution in [0.4, 0.5) is 0 Å². The lowest BCUT2D eigenvalue weighted by Gasteiger charge is -2.51. The molecule has 2 rings (SSSR count). The van der Waals surface area contributed by atoms with E-state index in [9.17, 15) is 5.11 Å². The van der Waals surface area contributed by atoms with Gasteiger partial charge >= 0.3 is 0 Å². The zero-order valence-electron chi connectivity index (χ0n) is 12.4. The topological polar surface area (TPSA) is 32.3 Å². The van der Waals surface area contributed by atoms with Crippen molar-refractivity contribution in [2.75, 3.05) is 6.54 Å².